The maximum absolute atomic E-state index is 5.31. The fourth-order valence-corrected chi connectivity index (χ4v) is 2.00. The van der Waals surface area contributed by atoms with E-state index in [-0.39, 0.29) is 0 Å². The third-order valence-electron chi connectivity index (χ3n) is 2.57. The molecule has 0 unspecified atom stereocenters. The summed E-state index contributed by atoms with van der Waals surface area (Å²) in [6.45, 7) is 8.29. The van der Waals surface area contributed by atoms with Gasteiger partial charge in [-0.05, 0) is 44.1 Å². The minimum Gasteiger partial charge on any atom is -0.464 e. The Morgan fingerprint density at radius 1 is 1.38 bits per heavy atom. The fraction of sp³-hybridized carbons (Fsp3) is 0.200. The monoisotopic (exact) mass is 212 g/mol. The van der Waals surface area contributed by atoms with Gasteiger partial charge >= 0.3 is 0 Å². The van der Waals surface area contributed by atoms with E-state index in [2.05, 4.69) is 38.7 Å². The third kappa shape index (κ3) is 2.43. The van der Waals surface area contributed by atoms with Gasteiger partial charge in [-0.15, -0.1) is 0 Å². The second-order valence-corrected chi connectivity index (χ2v) is 4.28. The van der Waals surface area contributed by atoms with Crippen LogP contribution in [0.5, 0.6) is 0 Å². The first-order valence-corrected chi connectivity index (χ1v) is 5.44. The largest absolute Gasteiger partial charge is 0.464 e. The summed E-state index contributed by atoms with van der Waals surface area (Å²) >= 11 is 0. The minimum atomic E-state index is 0.839. The molecule has 16 heavy (non-hydrogen) atoms. The molecule has 1 aromatic heterocycles. The molecular formula is C15H16O. The third-order valence-corrected chi connectivity index (χ3v) is 2.57. The zero-order valence-electron chi connectivity index (χ0n) is 9.79. The number of hydrogen-bond acceptors (Lipinski definition) is 1. The van der Waals surface area contributed by atoms with Crippen molar-refractivity contribution in [1.82, 2.24) is 0 Å². The Hall–Kier alpha value is -1.76. The van der Waals surface area contributed by atoms with Crippen molar-refractivity contribution in [2.24, 2.45) is 0 Å². The van der Waals surface area contributed by atoms with Gasteiger partial charge in [-0.25, -0.2) is 0 Å². The molecule has 0 spiro atoms. The molecule has 1 heteroatoms. The van der Waals surface area contributed by atoms with Crippen LogP contribution < -0.4 is 0 Å². The fourth-order valence-electron chi connectivity index (χ4n) is 2.00. The van der Waals surface area contributed by atoms with Crippen molar-refractivity contribution >= 4 is 5.57 Å². The molecule has 82 valence electrons. The van der Waals surface area contributed by atoms with Crippen molar-refractivity contribution in [2.75, 3.05) is 0 Å². The van der Waals surface area contributed by atoms with Crippen LogP contribution in [0.2, 0.25) is 0 Å². The van der Waals surface area contributed by atoms with E-state index in [0.29, 0.717) is 0 Å². The van der Waals surface area contributed by atoms with Crippen molar-refractivity contribution in [3.8, 4) is 0 Å². The highest BCUT2D eigenvalue weighted by atomic mass is 16.3. The molecule has 1 aromatic rings. The summed E-state index contributed by atoms with van der Waals surface area (Å²) in [6, 6.07) is 3.81. The summed E-state index contributed by atoms with van der Waals surface area (Å²) in [5.41, 5.74) is 4.90. The Morgan fingerprint density at radius 2 is 2.19 bits per heavy atom. The first kappa shape index (κ1) is 10.7. The molecule has 2 rings (SSSR count). The van der Waals surface area contributed by atoms with E-state index in [1.54, 1.807) is 6.26 Å². The lowest BCUT2D eigenvalue weighted by Crippen LogP contribution is -1.91. The zero-order valence-corrected chi connectivity index (χ0v) is 9.79. The van der Waals surface area contributed by atoms with Crippen LogP contribution in [-0.4, -0.2) is 0 Å². The predicted molar refractivity (Wildman–Crippen MR) is 68.0 cm³/mol. The molecule has 0 saturated carbocycles. The summed E-state index contributed by atoms with van der Waals surface area (Å²) in [5.74, 6) is 0.839. The SMILES string of the molecule is C=C(/C=C1/C=C(C)C=C(C)C1)c1ccco1. The van der Waals surface area contributed by atoms with Crippen molar-refractivity contribution < 1.29 is 4.42 Å². The van der Waals surface area contributed by atoms with Crippen LogP contribution in [0.3, 0.4) is 0 Å². The van der Waals surface area contributed by atoms with Crippen LogP contribution in [0.25, 0.3) is 5.57 Å². The van der Waals surface area contributed by atoms with E-state index in [1.807, 2.05) is 12.1 Å². The highest BCUT2D eigenvalue weighted by molar-refractivity contribution is 5.70. The average molecular weight is 212 g/mol. The van der Waals surface area contributed by atoms with Crippen LogP contribution in [0.15, 0.2) is 64.3 Å². The Bertz CT molecular complexity index is 482. The van der Waals surface area contributed by atoms with Gasteiger partial charge in [-0.3, -0.25) is 0 Å². The number of rotatable bonds is 2. The molecule has 1 nitrogen and oxygen atoms in total. The van der Waals surface area contributed by atoms with Gasteiger partial charge in [0.1, 0.15) is 5.76 Å². The molecule has 1 aliphatic rings. The average Bonchev–Trinajstić information content (AvgIpc) is 2.68. The van der Waals surface area contributed by atoms with Crippen molar-refractivity contribution in [3.05, 3.63) is 65.7 Å². The number of furan rings is 1. The Balaban J connectivity index is 2.21. The molecule has 0 atom stereocenters. The van der Waals surface area contributed by atoms with Crippen molar-refractivity contribution in [1.29, 1.82) is 0 Å². The lowest BCUT2D eigenvalue weighted by Gasteiger charge is -2.11. The lowest BCUT2D eigenvalue weighted by molar-refractivity contribution is 0.554. The molecule has 0 aliphatic heterocycles. The summed E-state index contributed by atoms with van der Waals surface area (Å²) in [4.78, 5) is 0. The first-order chi connectivity index (χ1) is 7.65. The molecular weight excluding hydrogens is 196 g/mol. The minimum absolute atomic E-state index is 0.839. The van der Waals surface area contributed by atoms with E-state index in [1.165, 1.54) is 16.7 Å². The summed E-state index contributed by atoms with van der Waals surface area (Å²) < 4.78 is 5.31. The van der Waals surface area contributed by atoms with E-state index < -0.39 is 0 Å². The van der Waals surface area contributed by atoms with Gasteiger partial charge < -0.3 is 4.42 Å². The second-order valence-electron chi connectivity index (χ2n) is 4.28. The van der Waals surface area contributed by atoms with Gasteiger partial charge in [0.05, 0.1) is 6.26 Å². The molecule has 1 heterocycles. The molecule has 1 aliphatic carbocycles. The van der Waals surface area contributed by atoms with Crippen LogP contribution in [0, 0.1) is 0 Å². The highest BCUT2D eigenvalue weighted by Crippen LogP contribution is 2.25. The topological polar surface area (TPSA) is 13.1 Å². The summed E-state index contributed by atoms with van der Waals surface area (Å²) in [7, 11) is 0. The maximum atomic E-state index is 5.31. The summed E-state index contributed by atoms with van der Waals surface area (Å²) in [6.07, 6.45) is 9.18. The standard InChI is InChI=1S/C15H16O/c1-11-7-12(2)9-14(8-11)10-13(3)15-5-4-6-16-15/h4-8,10H,3,9H2,1-2H3/b14-10-. The lowest BCUT2D eigenvalue weighted by atomic mass is 9.95. The number of hydrogen-bond donors (Lipinski definition) is 0. The normalized spacial score (nSPS) is 18.2. The Morgan fingerprint density at radius 3 is 2.81 bits per heavy atom. The predicted octanol–water partition coefficient (Wildman–Crippen LogP) is 4.52. The zero-order chi connectivity index (χ0) is 11.5. The highest BCUT2D eigenvalue weighted by Gasteiger charge is 2.05. The van der Waals surface area contributed by atoms with Crippen LogP contribution in [0.1, 0.15) is 26.0 Å². The first-order valence-electron chi connectivity index (χ1n) is 5.44. The van der Waals surface area contributed by atoms with Gasteiger partial charge in [-0.2, -0.15) is 0 Å². The van der Waals surface area contributed by atoms with E-state index in [0.717, 1.165) is 17.8 Å². The Kier molecular flexibility index (Phi) is 2.95. The van der Waals surface area contributed by atoms with Crippen LogP contribution in [-0.2, 0) is 0 Å². The quantitative estimate of drug-likeness (QED) is 0.702. The Labute approximate surface area is 96.5 Å². The maximum Gasteiger partial charge on any atom is 0.133 e. The molecule has 0 bridgehead atoms. The van der Waals surface area contributed by atoms with Crippen molar-refractivity contribution in [3.63, 3.8) is 0 Å². The van der Waals surface area contributed by atoms with Crippen LogP contribution >= 0.6 is 0 Å². The second kappa shape index (κ2) is 4.40. The molecule has 0 amide bonds. The van der Waals surface area contributed by atoms with Gasteiger partial charge in [-0.1, -0.05) is 29.9 Å². The van der Waals surface area contributed by atoms with E-state index >= 15 is 0 Å². The van der Waals surface area contributed by atoms with Gasteiger partial charge in [0.25, 0.3) is 0 Å². The molecule has 0 aromatic carbocycles. The smallest absolute Gasteiger partial charge is 0.133 e. The van der Waals surface area contributed by atoms with Gasteiger partial charge in [0.15, 0.2) is 0 Å². The van der Waals surface area contributed by atoms with E-state index in [4.69, 9.17) is 4.42 Å². The van der Waals surface area contributed by atoms with Crippen molar-refractivity contribution in [2.45, 2.75) is 20.3 Å². The number of allylic oxidation sites excluding steroid dienone is 7. The van der Waals surface area contributed by atoms with Gasteiger partial charge in [0, 0.05) is 5.57 Å². The van der Waals surface area contributed by atoms with Gasteiger partial charge in [0.2, 0.25) is 0 Å². The molecule has 0 saturated heterocycles. The molecule has 0 fully saturated rings. The molecule has 0 N–H and O–H groups in total. The van der Waals surface area contributed by atoms with Crippen LogP contribution in [0.4, 0.5) is 0 Å². The molecule has 0 radical (unpaired) electrons. The van der Waals surface area contributed by atoms with E-state index in [9.17, 15) is 0 Å². The summed E-state index contributed by atoms with van der Waals surface area (Å²) in [5, 5.41) is 0.